The van der Waals surface area contributed by atoms with Crippen LogP contribution in [0.3, 0.4) is 0 Å². The van der Waals surface area contributed by atoms with Crippen LogP contribution in [0.4, 0.5) is 0 Å². The van der Waals surface area contributed by atoms with Crippen LogP contribution in [-0.4, -0.2) is 21.7 Å². The Kier molecular flexibility index (Phi) is 4.56. The molecular weight excluding hydrogens is 362 g/mol. The first kappa shape index (κ1) is 19.1. The van der Waals surface area contributed by atoms with E-state index in [4.69, 9.17) is 11.6 Å². The largest absolute Gasteiger partial charge is 0.506 e. The minimum absolute atomic E-state index is 0.0382. The number of rotatable bonds is 2. The zero-order chi connectivity index (χ0) is 20.1. The molecule has 0 atom stereocenters. The summed E-state index contributed by atoms with van der Waals surface area (Å²) in [5.74, 6) is -1.22. The van der Waals surface area contributed by atoms with Gasteiger partial charge in [0.1, 0.15) is 10.9 Å². The molecule has 1 N–H and O–H groups in total. The van der Waals surface area contributed by atoms with Gasteiger partial charge in [-0.2, -0.15) is 0 Å². The van der Waals surface area contributed by atoms with Crippen molar-refractivity contribution in [2.75, 3.05) is 0 Å². The van der Waals surface area contributed by atoms with Crippen molar-refractivity contribution in [2.45, 2.75) is 27.7 Å². The van der Waals surface area contributed by atoms with Gasteiger partial charge in [0.25, 0.3) is 0 Å². The van der Waals surface area contributed by atoms with Crippen molar-refractivity contribution in [3.63, 3.8) is 0 Å². The van der Waals surface area contributed by atoms with Crippen molar-refractivity contribution in [3.05, 3.63) is 70.2 Å². The molecule has 1 aliphatic carbocycles. The van der Waals surface area contributed by atoms with E-state index in [2.05, 4.69) is 11.6 Å². The molecule has 0 unspecified atom stereocenters. The van der Waals surface area contributed by atoms with Gasteiger partial charge in [0, 0.05) is 11.8 Å². The topological polar surface area (TPSA) is 67.3 Å². The quantitative estimate of drug-likeness (QED) is 0.450. The molecule has 0 spiro atoms. The van der Waals surface area contributed by atoms with Gasteiger partial charge in [-0.15, -0.1) is 0 Å². The van der Waals surface area contributed by atoms with Crippen molar-refractivity contribution < 1.29 is 14.7 Å². The fraction of sp³-hybridized carbons (Fsp3) is 0.227. The van der Waals surface area contributed by atoms with E-state index >= 15 is 0 Å². The number of ketones is 2. The highest BCUT2D eigenvalue weighted by atomic mass is 35.5. The summed E-state index contributed by atoms with van der Waals surface area (Å²) in [6.07, 6.45) is 1.68. The number of carbonyl (C=O) groups is 2. The molecule has 4 nitrogen and oxygen atoms in total. The van der Waals surface area contributed by atoms with Crippen LogP contribution in [0.15, 0.2) is 48.4 Å². The molecule has 0 bridgehead atoms. The van der Waals surface area contributed by atoms with E-state index < -0.39 is 17.0 Å². The average molecular weight is 382 g/mol. The van der Waals surface area contributed by atoms with Crippen LogP contribution in [0.25, 0.3) is 16.7 Å². The number of Topliss-reactive ketones (excluding diaryl/α,β-unsaturated/α-hetero) is 2. The third-order valence-corrected chi connectivity index (χ3v) is 5.26. The minimum Gasteiger partial charge on any atom is -0.506 e. The molecule has 0 saturated carbocycles. The van der Waals surface area contributed by atoms with E-state index in [0.717, 1.165) is 22.3 Å². The number of carbonyl (C=O) groups excluding carboxylic acids is 2. The van der Waals surface area contributed by atoms with E-state index in [-0.39, 0.29) is 16.9 Å². The molecule has 2 aromatic rings. The number of halogens is 1. The summed E-state index contributed by atoms with van der Waals surface area (Å²) in [4.78, 5) is 29.5. The molecule has 1 heterocycles. The summed E-state index contributed by atoms with van der Waals surface area (Å²) < 4.78 is 0. The maximum Gasteiger partial charge on any atom is 0.180 e. The number of allylic oxidation sites excluding steroid dienone is 2. The number of aliphatic hydroxyl groups is 1. The van der Waals surface area contributed by atoms with E-state index in [9.17, 15) is 14.7 Å². The fourth-order valence-corrected chi connectivity index (χ4v) is 3.50. The van der Waals surface area contributed by atoms with E-state index in [0.29, 0.717) is 10.7 Å². The lowest BCUT2D eigenvalue weighted by Gasteiger charge is -2.30. The van der Waals surface area contributed by atoms with Gasteiger partial charge in [-0.05, 0) is 62.1 Å². The Morgan fingerprint density at radius 1 is 1.04 bits per heavy atom. The Balaban J connectivity index is 2.24. The van der Waals surface area contributed by atoms with Crippen LogP contribution in [0.5, 0.6) is 0 Å². The lowest BCUT2D eigenvalue weighted by atomic mass is 9.70. The first-order valence-electron chi connectivity index (χ1n) is 8.51. The SMILES string of the molecule is C=C1C(=O)C(C)(C)C(=O)C(c2cc(-c3cnc(Cl)cc3C)ccc2C)=C1O. The van der Waals surface area contributed by atoms with Gasteiger partial charge in [-0.25, -0.2) is 4.98 Å². The molecule has 3 rings (SSSR count). The van der Waals surface area contributed by atoms with Crippen LogP contribution in [0.1, 0.15) is 30.5 Å². The molecule has 0 amide bonds. The number of aryl methyl sites for hydroxylation is 2. The zero-order valence-electron chi connectivity index (χ0n) is 15.7. The van der Waals surface area contributed by atoms with Gasteiger partial charge in [0.15, 0.2) is 11.6 Å². The molecular formula is C22H20ClNO3. The standard InChI is InChI=1S/C22H20ClNO3/c1-11-6-7-14(16-10-24-17(23)8-12(16)2)9-15(11)18-19(25)13(3)20(26)22(4,5)21(18)27/h6-10,25H,3H2,1-2,4-5H3. The maximum absolute atomic E-state index is 13.0. The molecule has 138 valence electrons. The van der Waals surface area contributed by atoms with Crippen molar-refractivity contribution in [2.24, 2.45) is 5.41 Å². The van der Waals surface area contributed by atoms with Crippen LogP contribution < -0.4 is 0 Å². The van der Waals surface area contributed by atoms with Gasteiger partial charge < -0.3 is 5.11 Å². The van der Waals surface area contributed by atoms with Gasteiger partial charge in [-0.1, -0.05) is 30.3 Å². The third-order valence-electron chi connectivity index (χ3n) is 5.05. The Labute approximate surface area is 163 Å². The predicted molar refractivity (Wildman–Crippen MR) is 107 cm³/mol. The van der Waals surface area contributed by atoms with Crippen molar-refractivity contribution in [1.29, 1.82) is 0 Å². The van der Waals surface area contributed by atoms with Crippen LogP contribution in [-0.2, 0) is 9.59 Å². The van der Waals surface area contributed by atoms with E-state index in [1.807, 2.05) is 32.0 Å². The molecule has 0 aliphatic heterocycles. The number of pyridine rings is 1. The first-order chi connectivity index (χ1) is 12.6. The second-order valence-corrected chi connectivity index (χ2v) is 7.72. The van der Waals surface area contributed by atoms with Gasteiger partial charge in [0.05, 0.1) is 16.6 Å². The van der Waals surface area contributed by atoms with E-state index in [1.165, 1.54) is 0 Å². The first-order valence-corrected chi connectivity index (χ1v) is 8.89. The Bertz CT molecular complexity index is 1050. The highest BCUT2D eigenvalue weighted by Crippen LogP contribution is 2.41. The van der Waals surface area contributed by atoms with Crippen molar-refractivity contribution >= 4 is 28.7 Å². The van der Waals surface area contributed by atoms with Crippen LogP contribution in [0, 0.1) is 19.3 Å². The number of benzene rings is 1. The average Bonchev–Trinajstić information content (AvgIpc) is 2.61. The second kappa shape index (κ2) is 6.46. The Morgan fingerprint density at radius 3 is 2.33 bits per heavy atom. The normalized spacial score (nSPS) is 16.9. The van der Waals surface area contributed by atoms with Gasteiger partial charge >= 0.3 is 0 Å². The lowest BCUT2D eigenvalue weighted by molar-refractivity contribution is -0.133. The molecule has 0 saturated heterocycles. The fourth-order valence-electron chi connectivity index (χ4n) is 3.29. The van der Waals surface area contributed by atoms with E-state index in [1.54, 1.807) is 26.1 Å². The molecule has 1 aliphatic rings. The maximum atomic E-state index is 13.0. The molecule has 0 radical (unpaired) electrons. The summed E-state index contributed by atoms with van der Waals surface area (Å²) in [5, 5.41) is 11.0. The zero-order valence-corrected chi connectivity index (χ0v) is 16.4. The highest BCUT2D eigenvalue weighted by molar-refractivity contribution is 6.36. The molecule has 5 heteroatoms. The van der Waals surface area contributed by atoms with Crippen molar-refractivity contribution in [1.82, 2.24) is 4.98 Å². The monoisotopic (exact) mass is 381 g/mol. The number of hydrogen-bond donors (Lipinski definition) is 1. The van der Waals surface area contributed by atoms with Crippen LogP contribution in [0.2, 0.25) is 5.15 Å². The lowest BCUT2D eigenvalue weighted by Crippen LogP contribution is -2.39. The number of aromatic nitrogens is 1. The summed E-state index contributed by atoms with van der Waals surface area (Å²) in [7, 11) is 0. The smallest absolute Gasteiger partial charge is 0.180 e. The van der Waals surface area contributed by atoms with Gasteiger partial charge in [-0.3, -0.25) is 9.59 Å². The summed E-state index contributed by atoms with van der Waals surface area (Å²) in [5.41, 5.74) is 2.87. The summed E-state index contributed by atoms with van der Waals surface area (Å²) >= 11 is 5.94. The second-order valence-electron chi connectivity index (χ2n) is 7.34. The predicted octanol–water partition coefficient (Wildman–Crippen LogP) is 5.02. The summed E-state index contributed by atoms with van der Waals surface area (Å²) in [6, 6.07) is 7.39. The number of aliphatic hydroxyl groups excluding tert-OH is 1. The Morgan fingerprint density at radius 2 is 1.70 bits per heavy atom. The minimum atomic E-state index is -1.27. The number of hydrogen-bond acceptors (Lipinski definition) is 4. The molecule has 1 aromatic heterocycles. The summed E-state index contributed by atoms with van der Waals surface area (Å²) in [6.45, 7) is 10.6. The highest BCUT2D eigenvalue weighted by Gasteiger charge is 2.46. The molecule has 0 fully saturated rings. The third kappa shape index (κ3) is 3.00. The molecule has 1 aromatic carbocycles. The van der Waals surface area contributed by atoms with Crippen molar-refractivity contribution in [3.8, 4) is 11.1 Å². The number of nitrogens with zero attached hydrogens (tertiary/aromatic N) is 1. The van der Waals surface area contributed by atoms with Gasteiger partial charge in [0.2, 0.25) is 0 Å². The van der Waals surface area contributed by atoms with Crippen LogP contribution >= 0.6 is 11.6 Å². The molecule has 27 heavy (non-hydrogen) atoms. The Hall–Kier alpha value is -2.72.